The van der Waals surface area contributed by atoms with Crippen LogP contribution in [0.4, 0.5) is 11.8 Å². The van der Waals surface area contributed by atoms with Crippen molar-refractivity contribution in [3.8, 4) is 6.07 Å². The number of nitrogens with one attached hydrogen (secondary N) is 2. The van der Waals surface area contributed by atoms with Gasteiger partial charge < -0.3 is 21.2 Å². The first-order chi connectivity index (χ1) is 14.3. The summed E-state index contributed by atoms with van der Waals surface area (Å²) in [5.74, 6) is 1.000. The van der Waals surface area contributed by atoms with Gasteiger partial charge in [-0.2, -0.15) is 10.2 Å². The molecule has 3 atom stereocenters. The highest BCUT2D eigenvalue weighted by Crippen LogP contribution is 2.36. The Hall–Kier alpha value is -2.54. The molecule has 0 spiro atoms. The van der Waals surface area contributed by atoms with Gasteiger partial charge in [0.05, 0.1) is 12.3 Å². The van der Waals surface area contributed by atoms with Gasteiger partial charge in [0.25, 0.3) is 0 Å². The van der Waals surface area contributed by atoms with Gasteiger partial charge in [0.2, 0.25) is 5.95 Å². The topological polar surface area (TPSA) is 142 Å². The van der Waals surface area contributed by atoms with E-state index in [4.69, 9.17) is 0 Å². The van der Waals surface area contributed by atoms with Gasteiger partial charge in [-0.1, -0.05) is 26.0 Å². The Balaban J connectivity index is 0.00000341. The SMILES string of the molecule is CS(=O)c1ccc(CCNc2ncc(C#N)c(N[C@@H]3CC[C@H](O)C(C)(C)C3)n2)cc1.O. The highest BCUT2D eigenvalue weighted by atomic mass is 32.2. The summed E-state index contributed by atoms with van der Waals surface area (Å²) in [5.41, 5.74) is 1.37. The number of anilines is 2. The maximum absolute atomic E-state index is 11.5. The van der Waals surface area contributed by atoms with Gasteiger partial charge in [0.1, 0.15) is 17.5 Å². The second kappa shape index (κ2) is 10.7. The van der Waals surface area contributed by atoms with Crippen LogP contribution in [-0.2, 0) is 17.2 Å². The number of aliphatic hydroxyl groups excluding tert-OH is 1. The molecule has 0 saturated heterocycles. The Bertz CT molecular complexity index is 943. The smallest absolute Gasteiger partial charge is 0.224 e. The summed E-state index contributed by atoms with van der Waals surface area (Å²) in [5, 5.41) is 26.2. The van der Waals surface area contributed by atoms with Gasteiger partial charge in [-0.05, 0) is 48.8 Å². The van der Waals surface area contributed by atoms with Gasteiger partial charge in [0, 0.05) is 34.5 Å². The molecule has 1 aliphatic rings. The summed E-state index contributed by atoms with van der Waals surface area (Å²) in [6, 6.07) is 10.0. The molecule has 3 rings (SSSR count). The zero-order valence-corrected chi connectivity index (χ0v) is 19.0. The fraction of sp³-hybridized carbons (Fsp3) is 0.500. The number of hydrogen-bond acceptors (Lipinski definition) is 7. The van der Waals surface area contributed by atoms with Crippen molar-refractivity contribution in [3.63, 3.8) is 0 Å². The summed E-state index contributed by atoms with van der Waals surface area (Å²) in [6.07, 6.45) is 6.04. The molecule has 1 aliphatic carbocycles. The van der Waals surface area contributed by atoms with Crippen molar-refractivity contribution in [1.82, 2.24) is 9.97 Å². The lowest BCUT2D eigenvalue weighted by Gasteiger charge is -2.40. The molecule has 1 unspecified atom stereocenters. The molecule has 1 saturated carbocycles. The molecule has 1 aromatic heterocycles. The number of nitrogens with zero attached hydrogens (tertiary/aromatic N) is 3. The minimum absolute atomic E-state index is 0. The monoisotopic (exact) mass is 445 g/mol. The largest absolute Gasteiger partial charge is 0.412 e. The van der Waals surface area contributed by atoms with E-state index < -0.39 is 10.8 Å². The number of benzene rings is 1. The summed E-state index contributed by atoms with van der Waals surface area (Å²) in [6.45, 7) is 4.77. The van der Waals surface area contributed by atoms with Crippen LogP contribution in [0.5, 0.6) is 0 Å². The molecule has 1 fully saturated rings. The highest BCUT2D eigenvalue weighted by molar-refractivity contribution is 7.84. The Labute approximate surface area is 185 Å². The maximum atomic E-state index is 11.5. The third-order valence-corrected chi connectivity index (χ3v) is 6.60. The van der Waals surface area contributed by atoms with E-state index in [1.165, 1.54) is 6.20 Å². The van der Waals surface area contributed by atoms with E-state index in [-0.39, 0.29) is 23.0 Å². The average molecular weight is 446 g/mol. The molecule has 31 heavy (non-hydrogen) atoms. The third kappa shape index (κ3) is 6.47. The van der Waals surface area contributed by atoms with Crippen molar-refractivity contribution in [1.29, 1.82) is 5.26 Å². The lowest BCUT2D eigenvalue weighted by Crippen LogP contribution is -2.41. The van der Waals surface area contributed by atoms with Crippen molar-refractivity contribution < 1.29 is 14.8 Å². The highest BCUT2D eigenvalue weighted by Gasteiger charge is 2.35. The third-order valence-electron chi connectivity index (χ3n) is 5.67. The van der Waals surface area contributed by atoms with Crippen molar-refractivity contribution >= 4 is 22.6 Å². The van der Waals surface area contributed by atoms with Gasteiger partial charge >= 0.3 is 0 Å². The molecule has 8 nitrogen and oxygen atoms in total. The molecule has 0 bridgehead atoms. The number of aromatic nitrogens is 2. The zero-order valence-electron chi connectivity index (χ0n) is 18.2. The van der Waals surface area contributed by atoms with Gasteiger partial charge in [-0.15, -0.1) is 0 Å². The molecule has 2 aromatic rings. The average Bonchev–Trinajstić information content (AvgIpc) is 2.71. The van der Waals surface area contributed by atoms with E-state index in [1.54, 1.807) is 6.26 Å². The molecular weight excluding hydrogens is 414 g/mol. The van der Waals surface area contributed by atoms with Crippen LogP contribution in [0.3, 0.4) is 0 Å². The Morgan fingerprint density at radius 1 is 1.29 bits per heavy atom. The van der Waals surface area contributed by atoms with Crippen LogP contribution in [0.1, 0.15) is 44.2 Å². The van der Waals surface area contributed by atoms with Crippen LogP contribution >= 0.6 is 0 Å². The number of aliphatic hydroxyl groups is 1. The lowest BCUT2D eigenvalue weighted by atomic mass is 9.73. The van der Waals surface area contributed by atoms with Crippen LogP contribution in [0.15, 0.2) is 35.4 Å². The summed E-state index contributed by atoms with van der Waals surface area (Å²) < 4.78 is 11.5. The van der Waals surface area contributed by atoms with Crippen molar-refractivity contribution in [2.45, 2.75) is 56.6 Å². The van der Waals surface area contributed by atoms with Crippen molar-refractivity contribution in [2.75, 3.05) is 23.4 Å². The van der Waals surface area contributed by atoms with E-state index in [0.29, 0.717) is 23.9 Å². The molecule has 0 radical (unpaired) electrons. The maximum Gasteiger partial charge on any atom is 0.224 e. The first kappa shape index (κ1) is 24.7. The molecule has 168 valence electrons. The van der Waals surface area contributed by atoms with Gasteiger partial charge in [-0.25, -0.2) is 4.98 Å². The van der Waals surface area contributed by atoms with Gasteiger partial charge in [0.15, 0.2) is 0 Å². The molecule has 9 heteroatoms. The number of rotatable bonds is 7. The van der Waals surface area contributed by atoms with Crippen LogP contribution in [0.2, 0.25) is 0 Å². The molecule has 5 N–H and O–H groups in total. The predicted octanol–water partition coefficient (Wildman–Crippen LogP) is 2.27. The number of nitriles is 1. The summed E-state index contributed by atoms with van der Waals surface area (Å²) in [4.78, 5) is 9.58. The van der Waals surface area contributed by atoms with Crippen molar-refractivity contribution in [2.24, 2.45) is 5.41 Å². The van der Waals surface area contributed by atoms with Crippen molar-refractivity contribution in [3.05, 3.63) is 41.6 Å². The second-order valence-electron chi connectivity index (χ2n) is 8.47. The first-order valence-corrected chi connectivity index (χ1v) is 11.7. The summed E-state index contributed by atoms with van der Waals surface area (Å²) >= 11 is 0. The Morgan fingerprint density at radius 2 is 2.00 bits per heavy atom. The quantitative estimate of drug-likeness (QED) is 0.593. The van der Waals surface area contributed by atoms with E-state index in [2.05, 4.69) is 40.5 Å². The molecular formula is C22H31N5O3S. The second-order valence-corrected chi connectivity index (χ2v) is 9.85. The van der Waals surface area contributed by atoms with Crippen LogP contribution in [0.25, 0.3) is 0 Å². The van der Waals surface area contributed by atoms with Crippen LogP contribution in [-0.4, -0.2) is 49.7 Å². The van der Waals surface area contributed by atoms with E-state index >= 15 is 0 Å². The normalized spacial score (nSPS) is 20.7. The van der Waals surface area contributed by atoms with Gasteiger partial charge in [-0.3, -0.25) is 4.21 Å². The van der Waals surface area contributed by atoms with E-state index in [9.17, 15) is 14.6 Å². The minimum atomic E-state index is -0.972. The van der Waals surface area contributed by atoms with Crippen LogP contribution in [0, 0.1) is 16.7 Å². The van der Waals surface area contributed by atoms with E-state index in [1.807, 2.05) is 24.3 Å². The fourth-order valence-corrected chi connectivity index (χ4v) is 4.28. The molecule has 1 aromatic carbocycles. The Kier molecular flexibility index (Phi) is 8.51. The summed E-state index contributed by atoms with van der Waals surface area (Å²) in [7, 11) is -0.972. The first-order valence-electron chi connectivity index (χ1n) is 10.2. The Morgan fingerprint density at radius 3 is 2.61 bits per heavy atom. The number of hydrogen-bond donors (Lipinski definition) is 3. The minimum Gasteiger partial charge on any atom is -0.412 e. The zero-order chi connectivity index (χ0) is 21.7. The molecule has 1 heterocycles. The van der Waals surface area contributed by atoms with Crippen LogP contribution < -0.4 is 10.6 Å². The van der Waals surface area contributed by atoms with E-state index in [0.717, 1.165) is 36.1 Å². The predicted molar refractivity (Wildman–Crippen MR) is 122 cm³/mol. The standard InChI is InChI=1S/C22H29N5O2S.H2O/c1-22(2)12-17(6-9-19(22)28)26-20-16(13-23)14-25-21(27-20)24-11-10-15-4-7-18(8-5-15)30(3)29;/h4-5,7-8,14,17,19,28H,6,9-12H2,1-3H3,(H2,24,25,26,27);1H2/t17-,19+,30?;/m1./s1. The lowest BCUT2D eigenvalue weighted by molar-refractivity contribution is 0.00926. The molecule has 0 aliphatic heterocycles. The fourth-order valence-electron chi connectivity index (χ4n) is 3.76. The molecule has 0 amide bonds.